The Bertz CT molecular complexity index is 386. The maximum absolute atomic E-state index is 13.7. The van der Waals surface area contributed by atoms with Gasteiger partial charge in [-0.3, -0.25) is 0 Å². The molecule has 1 nitrogen and oxygen atoms in total. The number of hydrogen-bond donors (Lipinski definition) is 0. The summed E-state index contributed by atoms with van der Waals surface area (Å²) < 4.78 is 13.7. The van der Waals surface area contributed by atoms with Crippen molar-refractivity contribution in [2.45, 2.75) is 38.0 Å². The molecular weight excluding hydrogens is 189 g/mol. The summed E-state index contributed by atoms with van der Waals surface area (Å²) in [4.78, 5) is 3.23. The van der Waals surface area contributed by atoms with Crippen LogP contribution in [0.1, 0.15) is 43.6 Å². The molecule has 2 heteroatoms. The molecule has 0 aromatic heterocycles. The normalized spacial score (nSPS) is 17.3. The van der Waals surface area contributed by atoms with Crippen molar-refractivity contribution < 1.29 is 4.39 Å². The van der Waals surface area contributed by atoms with Crippen molar-refractivity contribution in [3.8, 4) is 0 Å². The fourth-order valence-electron chi connectivity index (χ4n) is 2.33. The lowest BCUT2D eigenvalue weighted by Crippen LogP contribution is -2.06. The van der Waals surface area contributed by atoms with E-state index in [1.165, 1.54) is 25.3 Å². The highest BCUT2D eigenvalue weighted by Crippen LogP contribution is 2.34. The lowest BCUT2D eigenvalue weighted by Gasteiger charge is -2.22. The van der Waals surface area contributed by atoms with E-state index in [2.05, 4.69) is 4.85 Å². The molecule has 0 N–H and O–H groups in total. The number of rotatable bonds is 1. The van der Waals surface area contributed by atoms with E-state index in [9.17, 15) is 4.39 Å². The van der Waals surface area contributed by atoms with Gasteiger partial charge < -0.3 is 0 Å². The van der Waals surface area contributed by atoms with E-state index in [0.29, 0.717) is 11.6 Å². The fourth-order valence-corrected chi connectivity index (χ4v) is 2.33. The Morgan fingerprint density at radius 1 is 1.20 bits per heavy atom. The lowest BCUT2D eigenvalue weighted by atomic mass is 9.84. The van der Waals surface area contributed by atoms with Crippen LogP contribution in [0.15, 0.2) is 18.2 Å². The van der Waals surface area contributed by atoms with Crippen LogP contribution in [-0.4, -0.2) is 0 Å². The monoisotopic (exact) mass is 203 g/mol. The first-order valence-electron chi connectivity index (χ1n) is 5.48. The fraction of sp³-hybridized carbons (Fsp3) is 0.462. The molecule has 0 radical (unpaired) electrons. The predicted molar refractivity (Wildman–Crippen MR) is 58.5 cm³/mol. The molecule has 1 saturated carbocycles. The quantitative estimate of drug-likeness (QED) is 0.595. The highest BCUT2D eigenvalue weighted by atomic mass is 19.1. The van der Waals surface area contributed by atoms with Crippen molar-refractivity contribution in [1.29, 1.82) is 0 Å². The van der Waals surface area contributed by atoms with Crippen molar-refractivity contribution in [2.75, 3.05) is 0 Å². The van der Waals surface area contributed by atoms with Crippen LogP contribution in [0.25, 0.3) is 4.85 Å². The van der Waals surface area contributed by atoms with E-state index in [0.717, 1.165) is 18.4 Å². The summed E-state index contributed by atoms with van der Waals surface area (Å²) in [6.45, 7) is 6.81. The average molecular weight is 203 g/mol. The van der Waals surface area contributed by atoms with Gasteiger partial charge in [0.2, 0.25) is 0 Å². The van der Waals surface area contributed by atoms with Gasteiger partial charge in [0, 0.05) is 0 Å². The van der Waals surface area contributed by atoms with Crippen molar-refractivity contribution in [1.82, 2.24) is 0 Å². The first-order valence-corrected chi connectivity index (χ1v) is 5.48. The molecule has 0 aliphatic heterocycles. The SMILES string of the molecule is [C-]#[N+]c1ccc(C2CCCCC2)c(F)c1. The van der Waals surface area contributed by atoms with Gasteiger partial charge in [-0.15, -0.1) is 0 Å². The van der Waals surface area contributed by atoms with Crippen molar-refractivity contribution in [3.63, 3.8) is 0 Å². The van der Waals surface area contributed by atoms with Crippen molar-refractivity contribution in [2.24, 2.45) is 0 Å². The third kappa shape index (κ3) is 2.18. The van der Waals surface area contributed by atoms with Crippen LogP contribution in [-0.2, 0) is 0 Å². The number of benzene rings is 1. The van der Waals surface area contributed by atoms with Gasteiger partial charge in [-0.1, -0.05) is 31.4 Å². The second-order valence-electron chi connectivity index (χ2n) is 4.15. The Kier molecular flexibility index (Phi) is 3.01. The minimum Gasteiger partial charge on any atom is -0.238 e. The minimum absolute atomic E-state index is 0.199. The molecule has 0 unspecified atom stereocenters. The zero-order chi connectivity index (χ0) is 10.7. The highest BCUT2D eigenvalue weighted by Gasteiger charge is 2.18. The summed E-state index contributed by atoms with van der Waals surface area (Å²) in [5.41, 5.74) is 1.20. The van der Waals surface area contributed by atoms with Crippen LogP contribution in [0, 0.1) is 12.4 Å². The summed E-state index contributed by atoms with van der Waals surface area (Å²) >= 11 is 0. The summed E-state index contributed by atoms with van der Waals surface area (Å²) in [7, 11) is 0. The maximum Gasteiger partial charge on any atom is 0.190 e. The molecule has 0 amide bonds. The van der Waals surface area contributed by atoms with Gasteiger partial charge in [-0.25, -0.2) is 9.24 Å². The average Bonchev–Trinajstić information content (AvgIpc) is 2.30. The molecule has 2 rings (SSSR count). The molecule has 1 aromatic rings. The number of hydrogen-bond acceptors (Lipinski definition) is 0. The second kappa shape index (κ2) is 4.44. The molecule has 0 atom stereocenters. The van der Waals surface area contributed by atoms with Crippen molar-refractivity contribution in [3.05, 3.63) is 41.0 Å². The topological polar surface area (TPSA) is 4.36 Å². The number of nitrogens with zero attached hydrogens (tertiary/aromatic N) is 1. The zero-order valence-electron chi connectivity index (χ0n) is 8.67. The second-order valence-corrected chi connectivity index (χ2v) is 4.15. The molecular formula is C13H14FN. The van der Waals surface area contributed by atoms with E-state index in [4.69, 9.17) is 6.57 Å². The van der Waals surface area contributed by atoms with Gasteiger partial charge in [0.15, 0.2) is 5.69 Å². The van der Waals surface area contributed by atoms with Gasteiger partial charge in [-0.2, -0.15) is 0 Å². The first-order chi connectivity index (χ1) is 7.31. The maximum atomic E-state index is 13.7. The smallest absolute Gasteiger partial charge is 0.190 e. The summed E-state index contributed by atoms with van der Waals surface area (Å²) in [6, 6.07) is 4.87. The standard InChI is InChI=1S/C13H14FN/c1-15-11-7-8-12(13(14)9-11)10-5-3-2-4-6-10/h7-10H,2-6H2. The molecule has 1 aliphatic carbocycles. The summed E-state index contributed by atoms with van der Waals surface area (Å²) in [5.74, 6) is 0.175. The molecule has 0 spiro atoms. The lowest BCUT2D eigenvalue weighted by molar-refractivity contribution is 0.430. The Morgan fingerprint density at radius 2 is 1.93 bits per heavy atom. The van der Waals surface area contributed by atoms with Crippen LogP contribution in [0.4, 0.5) is 10.1 Å². The molecule has 0 bridgehead atoms. The summed E-state index contributed by atoms with van der Waals surface area (Å²) in [5, 5.41) is 0. The molecule has 0 saturated heterocycles. The van der Waals surface area contributed by atoms with E-state index in [1.807, 2.05) is 0 Å². The first kappa shape index (κ1) is 10.2. The third-order valence-electron chi connectivity index (χ3n) is 3.16. The van der Waals surface area contributed by atoms with Crippen LogP contribution in [0.5, 0.6) is 0 Å². The number of halogens is 1. The van der Waals surface area contributed by atoms with Gasteiger partial charge in [0.25, 0.3) is 0 Å². The Balaban J connectivity index is 2.24. The highest BCUT2D eigenvalue weighted by molar-refractivity contribution is 5.46. The van der Waals surface area contributed by atoms with Crippen LogP contribution in [0.2, 0.25) is 0 Å². The molecule has 1 aromatic carbocycles. The van der Waals surface area contributed by atoms with E-state index in [1.54, 1.807) is 12.1 Å². The van der Waals surface area contributed by atoms with Crippen LogP contribution in [0.3, 0.4) is 0 Å². The minimum atomic E-state index is -0.199. The Morgan fingerprint density at radius 3 is 2.53 bits per heavy atom. The Hall–Kier alpha value is -1.36. The van der Waals surface area contributed by atoms with Gasteiger partial charge in [-0.05, 0) is 30.4 Å². The Labute approximate surface area is 89.7 Å². The van der Waals surface area contributed by atoms with Crippen LogP contribution < -0.4 is 0 Å². The zero-order valence-corrected chi connectivity index (χ0v) is 8.67. The molecule has 78 valence electrons. The predicted octanol–water partition coefficient (Wildman–Crippen LogP) is 4.42. The van der Waals surface area contributed by atoms with E-state index < -0.39 is 0 Å². The summed E-state index contributed by atoms with van der Waals surface area (Å²) in [6.07, 6.45) is 5.87. The molecule has 1 aliphatic rings. The molecule has 0 heterocycles. The van der Waals surface area contributed by atoms with E-state index in [-0.39, 0.29) is 5.82 Å². The molecule has 1 fully saturated rings. The third-order valence-corrected chi connectivity index (χ3v) is 3.16. The largest absolute Gasteiger partial charge is 0.238 e. The van der Waals surface area contributed by atoms with Gasteiger partial charge in [0.05, 0.1) is 6.57 Å². The van der Waals surface area contributed by atoms with Crippen LogP contribution >= 0.6 is 0 Å². The van der Waals surface area contributed by atoms with Gasteiger partial charge >= 0.3 is 0 Å². The van der Waals surface area contributed by atoms with E-state index >= 15 is 0 Å². The van der Waals surface area contributed by atoms with Crippen molar-refractivity contribution >= 4 is 5.69 Å². The van der Waals surface area contributed by atoms with Gasteiger partial charge in [0.1, 0.15) is 5.82 Å². The molecule has 15 heavy (non-hydrogen) atoms.